The van der Waals surface area contributed by atoms with Crippen LogP contribution in [0.3, 0.4) is 0 Å². The third kappa shape index (κ3) is 3.79. The Morgan fingerprint density at radius 2 is 1.93 bits per heavy atom. The van der Waals surface area contributed by atoms with E-state index in [4.69, 9.17) is 10.5 Å². The molecule has 0 amide bonds. The Balaban J connectivity index is 1.94. The maximum absolute atomic E-state index is 12.6. The average Bonchev–Trinajstić information content (AvgIpc) is 3.13. The summed E-state index contributed by atoms with van der Waals surface area (Å²) in [7, 11) is 1.45. The number of hydrogen-bond acceptors (Lipinski definition) is 7. The minimum Gasteiger partial charge on any atom is -0.494 e. The first-order valence-electron chi connectivity index (χ1n) is 9.01. The highest BCUT2D eigenvalue weighted by atomic mass is 32.1. The van der Waals surface area contributed by atoms with Crippen LogP contribution in [0.1, 0.15) is 20.3 Å². The number of nitrogens with one attached hydrogen (secondary N) is 1. The van der Waals surface area contributed by atoms with Crippen molar-refractivity contribution in [1.82, 2.24) is 14.1 Å². The molecule has 9 heteroatoms. The second-order valence-electron chi connectivity index (χ2n) is 6.18. The fraction of sp³-hybridized carbons (Fsp3) is 0.316. The molecule has 8 nitrogen and oxygen atoms in total. The summed E-state index contributed by atoms with van der Waals surface area (Å²) >= 11 is 1.36. The predicted molar refractivity (Wildman–Crippen MR) is 113 cm³/mol. The molecule has 2 heterocycles. The van der Waals surface area contributed by atoms with Crippen molar-refractivity contribution in [2.75, 3.05) is 17.7 Å². The van der Waals surface area contributed by atoms with Crippen molar-refractivity contribution >= 4 is 28.0 Å². The normalized spacial score (nSPS) is 10.8. The molecule has 0 saturated carbocycles. The number of rotatable bonds is 7. The first kappa shape index (κ1) is 19.7. The van der Waals surface area contributed by atoms with Gasteiger partial charge in [-0.3, -0.25) is 13.9 Å². The molecule has 0 bridgehead atoms. The summed E-state index contributed by atoms with van der Waals surface area (Å²) in [6.07, 6.45) is 0.726. The molecule has 3 N–H and O–H groups in total. The zero-order valence-corrected chi connectivity index (χ0v) is 16.9. The second-order valence-corrected chi connectivity index (χ2v) is 7.04. The van der Waals surface area contributed by atoms with Gasteiger partial charge in [-0.05, 0) is 37.6 Å². The van der Waals surface area contributed by atoms with Crippen molar-refractivity contribution in [3.8, 4) is 17.0 Å². The van der Waals surface area contributed by atoms with Crippen LogP contribution in [0.5, 0.6) is 5.75 Å². The number of ether oxygens (including phenoxy) is 1. The Kier molecular flexibility index (Phi) is 5.84. The topological polar surface area (TPSA) is 104 Å². The summed E-state index contributed by atoms with van der Waals surface area (Å²) in [4.78, 5) is 29.4. The van der Waals surface area contributed by atoms with Crippen LogP contribution in [0.15, 0.2) is 39.2 Å². The molecule has 2 aromatic heterocycles. The van der Waals surface area contributed by atoms with Crippen LogP contribution in [-0.4, -0.2) is 20.7 Å². The van der Waals surface area contributed by atoms with Crippen LogP contribution < -0.4 is 27.0 Å². The minimum absolute atomic E-state index is 0.146. The van der Waals surface area contributed by atoms with E-state index in [-0.39, 0.29) is 11.4 Å². The molecule has 0 saturated heterocycles. The smallest absolute Gasteiger partial charge is 0.332 e. The number of aromatic nitrogens is 3. The Labute approximate surface area is 166 Å². The van der Waals surface area contributed by atoms with E-state index < -0.39 is 11.2 Å². The van der Waals surface area contributed by atoms with Gasteiger partial charge < -0.3 is 15.8 Å². The van der Waals surface area contributed by atoms with Crippen LogP contribution >= 0.6 is 11.3 Å². The molecule has 0 aliphatic rings. The predicted octanol–water partition coefficient (Wildman–Crippen LogP) is 2.81. The molecular weight excluding hydrogens is 378 g/mol. The lowest BCUT2D eigenvalue weighted by atomic mass is 10.2. The standard InChI is InChI=1S/C19H23N5O3S/c1-4-10-24-16(20)15(17(25)23(3)19(24)26)14-11-28-18(22-14)21-12-6-8-13(9-7-12)27-5-2/h6-9,11H,4-5,10,20H2,1-3H3,(H,21,22). The van der Waals surface area contributed by atoms with E-state index in [1.165, 1.54) is 23.0 Å². The van der Waals surface area contributed by atoms with Gasteiger partial charge >= 0.3 is 5.69 Å². The summed E-state index contributed by atoms with van der Waals surface area (Å²) in [6.45, 7) is 4.92. The summed E-state index contributed by atoms with van der Waals surface area (Å²) in [6, 6.07) is 7.52. The third-order valence-corrected chi connectivity index (χ3v) is 4.97. The van der Waals surface area contributed by atoms with Crippen LogP contribution in [0.4, 0.5) is 16.6 Å². The highest BCUT2D eigenvalue weighted by Crippen LogP contribution is 2.28. The number of nitrogen functional groups attached to an aromatic ring is 1. The van der Waals surface area contributed by atoms with Crippen molar-refractivity contribution in [2.24, 2.45) is 7.05 Å². The maximum Gasteiger partial charge on any atom is 0.332 e. The van der Waals surface area contributed by atoms with E-state index in [0.29, 0.717) is 24.0 Å². The number of hydrogen-bond donors (Lipinski definition) is 2. The SMILES string of the molecule is CCCn1c(N)c(-c2csc(Nc3ccc(OCC)cc3)n2)c(=O)n(C)c1=O. The molecule has 0 aliphatic carbocycles. The van der Waals surface area contributed by atoms with Crippen molar-refractivity contribution < 1.29 is 4.74 Å². The number of anilines is 3. The van der Waals surface area contributed by atoms with Crippen LogP contribution in [0.2, 0.25) is 0 Å². The largest absolute Gasteiger partial charge is 0.494 e. The van der Waals surface area contributed by atoms with Crippen molar-refractivity contribution in [1.29, 1.82) is 0 Å². The molecule has 0 fully saturated rings. The fourth-order valence-electron chi connectivity index (χ4n) is 2.83. The van der Waals surface area contributed by atoms with Gasteiger partial charge in [0.15, 0.2) is 5.13 Å². The summed E-state index contributed by atoms with van der Waals surface area (Å²) in [5.74, 6) is 0.940. The number of nitrogens with zero attached hydrogens (tertiary/aromatic N) is 3. The van der Waals surface area contributed by atoms with Crippen LogP contribution in [0.25, 0.3) is 11.3 Å². The van der Waals surface area contributed by atoms with E-state index in [1.807, 2.05) is 38.1 Å². The van der Waals surface area contributed by atoms with Crippen molar-refractivity contribution in [2.45, 2.75) is 26.8 Å². The van der Waals surface area contributed by atoms with Gasteiger partial charge in [-0.1, -0.05) is 6.92 Å². The van der Waals surface area contributed by atoms with Gasteiger partial charge in [-0.2, -0.15) is 0 Å². The van der Waals surface area contributed by atoms with E-state index in [2.05, 4.69) is 10.3 Å². The quantitative estimate of drug-likeness (QED) is 0.631. The highest BCUT2D eigenvalue weighted by molar-refractivity contribution is 7.14. The lowest BCUT2D eigenvalue weighted by Gasteiger charge is -2.13. The first-order valence-corrected chi connectivity index (χ1v) is 9.89. The van der Waals surface area contributed by atoms with Crippen molar-refractivity contribution in [3.05, 3.63) is 50.5 Å². The molecule has 0 atom stereocenters. The molecule has 0 unspecified atom stereocenters. The fourth-order valence-corrected chi connectivity index (χ4v) is 3.56. The molecule has 3 rings (SSSR count). The summed E-state index contributed by atoms with van der Waals surface area (Å²) in [5, 5.41) is 5.58. The molecule has 148 valence electrons. The van der Waals surface area contributed by atoms with Gasteiger partial charge in [0.25, 0.3) is 5.56 Å². The van der Waals surface area contributed by atoms with Crippen LogP contribution in [0, 0.1) is 0 Å². The Morgan fingerprint density at radius 1 is 1.21 bits per heavy atom. The molecule has 0 spiro atoms. The third-order valence-electron chi connectivity index (χ3n) is 4.21. The molecule has 0 radical (unpaired) electrons. The Morgan fingerprint density at radius 3 is 2.57 bits per heavy atom. The summed E-state index contributed by atoms with van der Waals surface area (Å²) in [5.41, 5.74) is 6.82. The Bertz CT molecular complexity index is 1080. The number of benzene rings is 1. The molecule has 3 aromatic rings. The zero-order chi connectivity index (χ0) is 20.3. The second kappa shape index (κ2) is 8.30. The highest BCUT2D eigenvalue weighted by Gasteiger charge is 2.19. The lowest BCUT2D eigenvalue weighted by Crippen LogP contribution is -2.40. The van der Waals surface area contributed by atoms with E-state index in [1.54, 1.807) is 5.38 Å². The molecule has 28 heavy (non-hydrogen) atoms. The van der Waals surface area contributed by atoms with Gasteiger partial charge in [-0.25, -0.2) is 9.78 Å². The van der Waals surface area contributed by atoms with Gasteiger partial charge in [0.05, 0.1) is 12.3 Å². The molecule has 0 aliphatic heterocycles. The summed E-state index contributed by atoms with van der Waals surface area (Å²) < 4.78 is 7.91. The van der Waals surface area contributed by atoms with Crippen LogP contribution in [-0.2, 0) is 13.6 Å². The van der Waals surface area contributed by atoms with E-state index in [0.717, 1.165) is 22.4 Å². The van der Waals surface area contributed by atoms with Gasteiger partial charge in [-0.15, -0.1) is 11.3 Å². The number of thiazole rings is 1. The molecule has 1 aromatic carbocycles. The van der Waals surface area contributed by atoms with Gasteiger partial charge in [0.1, 0.15) is 17.1 Å². The monoisotopic (exact) mass is 401 g/mol. The maximum atomic E-state index is 12.6. The van der Waals surface area contributed by atoms with Crippen molar-refractivity contribution in [3.63, 3.8) is 0 Å². The Hall–Kier alpha value is -3.07. The zero-order valence-electron chi connectivity index (χ0n) is 16.1. The van der Waals surface area contributed by atoms with Gasteiger partial charge in [0.2, 0.25) is 0 Å². The van der Waals surface area contributed by atoms with E-state index in [9.17, 15) is 9.59 Å². The number of nitrogens with two attached hydrogens (primary N) is 1. The first-order chi connectivity index (χ1) is 13.5. The minimum atomic E-state index is -0.451. The van der Waals surface area contributed by atoms with Gasteiger partial charge in [0, 0.05) is 24.7 Å². The molecular formula is C19H23N5O3S. The van der Waals surface area contributed by atoms with E-state index >= 15 is 0 Å². The average molecular weight is 401 g/mol. The lowest BCUT2D eigenvalue weighted by molar-refractivity contribution is 0.340.